The van der Waals surface area contributed by atoms with Gasteiger partial charge in [0.25, 0.3) is 0 Å². The Bertz CT molecular complexity index is 167. The number of allylic oxidation sites excluding steroid dienone is 2. The van der Waals surface area contributed by atoms with E-state index in [1.165, 1.54) is 12.0 Å². The monoisotopic (exact) mass is 182 g/mol. The van der Waals surface area contributed by atoms with Crippen molar-refractivity contribution >= 4 is 0 Å². The van der Waals surface area contributed by atoms with Crippen molar-refractivity contribution in [2.45, 2.75) is 54.9 Å². The van der Waals surface area contributed by atoms with Crippen molar-refractivity contribution in [3.63, 3.8) is 0 Å². The van der Waals surface area contributed by atoms with E-state index in [0.717, 1.165) is 5.92 Å². The van der Waals surface area contributed by atoms with Crippen molar-refractivity contribution in [1.29, 1.82) is 0 Å². The van der Waals surface area contributed by atoms with Gasteiger partial charge in [-0.15, -0.1) is 0 Å². The molecule has 1 unspecified atom stereocenters. The molecule has 0 heteroatoms. The molecule has 0 rings (SSSR count). The summed E-state index contributed by atoms with van der Waals surface area (Å²) in [6.07, 6.45) is 3.62. The van der Waals surface area contributed by atoms with Crippen LogP contribution in [0.15, 0.2) is 11.6 Å². The Labute approximate surface area is 84.4 Å². The van der Waals surface area contributed by atoms with Gasteiger partial charge in [0, 0.05) is 0 Å². The van der Waals surface area contributed by atoms with Gasteiger partial charge in [0.15, 0.2) is 0 Å². The Hall–Kier alpha value is -0.260. The van der Waals surface area contributed by atoms with Crippen LogP contribution in [0.5, 0.6) is 0 Å². The zero-order valence-electron chi connectivity index (χ0n) is 10.4. The van der Waals surface area contributed by atoms with Gasteiger partial charge in [0.2, 0.25) is 0 Å². The first-order chi connectivity index (χ1) is 5.75. The highest BCUT2D eigenvalue weighted by molar-refractivity contribution is 5.01. The molecule has 0 fully saturated rings. The van der Waals surface area contributed by atoms with Crippen LogP contribution in [0.3, 0.4) is 0 Å². The molecule has 1 atom stereocenters. The molecule has 0 aliphatic heterocycles. The highest BCUT2D eigenvalue weighted by Gasteiger charge is 2.18. The third kappa shape index (κ3) is 5.13. The van der Waals surface area contributed by atoms with E-state index in [0.29, 0.717) is 11.3 Å². The van der Waals surface area contributed by atoms with Crippen LogP contribution in [0.2, 0.25) is 0 Å². The summed E-state index contributed by atoms with van der Waals surface area (Å²) >= 11 is 0. The van der Waals surface area contributed by atoms with Gasteiger partial charge >= 0.3 is 0 Å². The third-order valence-electron chi connectivity index (χ3n) is 3.18. The summed E-state index contributed by atoms with van der Waals surface area (Å²) in [5.74, 6) is 1.47. The van der Waals surface area contributed by atoms with Crippen molar-refractivity contribution in [3.05, 3.63) is 11.6 Å². The van der Waals surface area contributed by atoms with Crippen molar-refractivity contribution in [1.82, 2.24) is 0 Å². The van der Waals surface area contributed by atoms with Crippen LogP contribution in [-0.4, -0.2) is 0 Å². The molecule has 0 bridgehead atoms. The maximum absolute atomic E-state index is 2.40. The van der Waals surface area contributed by atoms with Gasteiger partial charge in [0.1, 0.15) is 0 Å². The first kappa shape index (κ1) is 12.7. The Morgan fingerprint density at radius 3 is 1.92 bits per heavy atom. The van der Waals surface area contributed by atoms with Crippen molar-refractivity contribution in [2.75, 3.05) is 0 Å². The molecule has 0 N–H and O–H groups in total. The molecule has 0 radical (unpaired) electrons. The minimum absolute atomic E-state index is 0.438. The Balaban J connectivity index is 4.09. The molecule has 0 amide bonds. The van der Waals surface area contributed by atoms with Gasteiger partial charge in [-0.3, -0.25) is 0 Å². The minimum atomic E-state index is 0.438. The van der Waals surface area contributed by atoms with Crippen LogP contribution in [0.1, 0.15) is 54.9 Å². The summed E-state index contributed by atoms with van der Waals surface area (Å²) < 4.78 is 0. The lowest BCUT2D eigenvalue weighted by atomic mass is 9.79. The first-order valence-corrected chi connectivity index (χ1v) is 5.41. The van der Waals surface area contributed by atoms with Gasteiger partial charge in [0.05, 0.1) is 0 Å². The molecule has 0 aliphatic rings. The maximum Gasteiger partial charge on any atom is -0.0263 e. The molecule has 0 aromatic rings. The van der Waals surface area contributed by atoms with E-state index in [9.17, 15) is 0 Å². The molecular formula is C13H26. The first-order valence-electron chi connectivity index (χ1n) is 5.41. The van der Waals surface area contributed by atoms with Crippen molar-refractivity contribution < 1.29 is 0 Å². The van der Waals surface area contributed by atoms with Crippen LogP contribution in [0.4, 0.5) is 0 Å². The second-order valence-electron chi connectivity index (χ2n) is 5.61. The predicted molar refractivity (Wildman–Crippen MR) is 61.8 cm³/mol. The second-order valence-corrected chi connectivity index (χ2v) is 5.61. The van der Waals surface area contributed by atoms with Crippen LogP contribution < -0.4 is 0 Å². The van der Waals surface area contributed by atoms with E-state index in [4.69, 9.17) is 0 Å². The second kappa shape index (κ2) is 4.83. The number of rotatable bonds is 3. The van der Waals surface area contributed by atoms with Crippen LogP contribution >= 0.6 is 0 Å². The van der Waals surface area contributed by atoms with E-state index >= 15 is 0 Å². The largest absolute Gasteiger partial charge is 0.0851 e. The molecule has 0 heterocycles. The van der Waals surface area contributed by atoms with Gasteiger partial charge < -0.3 is 0 Å². The van der Waals surface area contributed by atoms with Crippen LogP contribution in [0, 0.1) is 17.3 Å². The molecule has 78 valence electrons. The fourth-order valence-corrected chi connectivity index (χ4v) is 0.952. The summed E-state index contributed by atoms with van der Waals surface area (Å²) in [4.78, 5) is 0. The molecule has 0 nitrogen and oxygen atoms in total. The number of hydrogen-bond acceptors (Lipinski definition) is 0. The van der Waals surface area contributed by atoms with Gasteiger partial charge in [-0.05, 0) is 30.6 Å². The molecule has 0 aliphatic carbocycles. The standard InChI is InChI=1S/C13H26/c1-10(2)11(3)8-9-12(4)13(5,6)7/h8,10,12H,9H2,1-7H3. The number of hydrogen-bond donors (Lipinski definition) is 0. The fraction of sp³-hybridized carbons (Fsp3) is 0.846. The van der Waals surface area contributed by atoms with Crippen molar-refractivity contribution in [3.8, 4) is 0 Å². The Morgan fingerprint density at radius 2 is 1.62 bits per heavy atom. The highest BCUT2D eigenvalue weighted by Crippen LogP contribution is 2.29. The Kier molecular flexibility index (Phi) is 4.74. The lowest BCUT2D eigenvalue weighted by molar-refractivity contribution is 0.263. The van der Waals surface area contributed by atoms with E-state index < -0.39 is 0 Å². The summed E-state index contributed by atoms with van der Waals surface area (Å²) in [6.45, 7) is 16.0. The Morgan fingerprint density at radius 1 is 1.15 bits per heavy atom. The SMILES string of the molecule is CC(=CCC(C)C(C)(C)C)C(C)C. The highest BCUT2D eigenvalue weighted by atomic mass is 14.2. The lowest BCUT2D eigenvalue weighted by Crippen LogP contribution is -2.16. The molecule has 0 spiro atoms. The summed E-state index contributed by atoms with van der Waals surface area (Å²) in [7, 11) is 0. The van der Waals surface area contributed by atoms with Crippen LogP contribution in [0.25, 0.3) is 0 Å². The van der Waals surface area contributed by atoms with Crippen molar-refractivity contribution in [2.24, 2.45) is 17.3 Å². The molecule has 0 aromatic heterocycles. The summed E-state index contributed by atoms with van der Waals surface area (Å²) in [5.41, 5.74) is 1.96. The third-order valence-corrected chi connectivity index (χ3v) is 3.18. The van der Waals surface area contributed by atoms with E-state index in [1.807, 2.05) is 0 Å². The molecule has 0 saturated heterocycles. The lowest BCUT2D eigenvalue weighted by Gasteiger charge is -2.26. The average molecular weight is 182 g/mol. The van der Waals surface area contributed by atoms with E-state index in [1.54, 1.807) is 0 Å². The van der Waals surface area contributed by atoms with Gasteiger partial charge in [-0.25, -0.2) is 0 Å². The molecule has 0 aromatic carbocycles. The summed E-state index contributed by atoms with van der Waals surface area (Å²) in [6, 6.07) is 0. The zero-order valence-corrected chi connectivity index (χ0v) is 10.4. The quantitative estimate of drug-likeness (QED) is 0.557. The molecule has 0 saturated carbocycles. The average Bonchev–Trinajstić information content (AvgIpc) is 1.97. The van der Waals surface area contributed by atoms with E-state index in [2.05, 4.69) is 54.5 Å². The molecular weight excluding hydrogens is 156 g/mol. The van der Waals surface area contributed by atoms with E-state index in [-0.39, 0.29) is 0 Å². The smallest absolute Gasteiger partial charge is 0.0263 e. The minimum Gasteiger partial charge on any atom is -0.0851 e. The predicted octanol–water partition coefficient (Wildman–Crippen LogP) is 4.66. The topological polar surface area (TPSA) is 0 Å². The summed E-state index contributed by atoms with van der Waals surface area (Å²) in [5, 5.41) is 0. The zero-order chi connectivity index (χ0) is 10.6. The molecule has 13 heavy (non-hydrogen) atoms. The van der Waals surface area contributed by atoms with Crippen LogP contribution in [-0.2, 0) is 0 Å². The maximum atomic E-state index is 2.40. The fourth-order valence-electron chi connectivity index (χ4n) is 0.952. The van der Waals surface area contributed by atoms with Gasteiger partial charge in [-0.2, -0.15) is 0 Å². The normalized spacial score (nSPS) is 16.5. The van der Waals surface area contributed by atoms with Gasteiger partial charge in [-0.1, -0.05) is 53.2 Å².